The van der Waals surface area contributed by atoms with Crippen LogP contribution in [-0.2, 0) is 0 Å². The minimum atomic E-state index is 0.511. The molecule has 1 fully saturated rings. The number of hydrogen-bond acceptors (Lipinski definition) is 7. The maximum atomic E-state index is 5.99. The van der Waals surface area contributed by atoms with Crippen LogP contribution in [-0.4, -0.2) is 46.7 Å². The fourth-order valence-corrected chi connectivity index (χ4v) is 2.97. The van der Waals surface area contributed by atoms with Crippen LogP contribution in [0.15, 0.2) is 12.3 Å². The van der Waals surface area contributed by atoms with E-state index in [4.69, 9.17) is 9.47 Å². The van der Waals surface area contributed by atoms with Gasteiger partial charge in [0.15, 0.2) is 0 Å². The van der Waals surface area contributed by atoms with Crippen LogP contribution in [0, 0.1) is 26.7 Å². The van der Waals surface area contributed by atoms with Crippen LogP contribution in [0.1, 0.15) is 29.9 Å². The lowest BCUT2D eigenvalue weighted by Crippen LogP contribution is -2.36. The second kappa shape index (κ2) is 7.63. The van der Waals surface area contributed by atoms with Gasteiger partial charge in [0, 0.05) is 36.6 Å². The fourth-order valence-electron chi connectivity index (χ4n) is 2.97. The van der Waals surface area contributed by atoms with E-state index in [1.54, 1.807) is 19.4 Å². The highest BCUT2D eigenvalue weighted by Gasteiger charge is 2.22. The van der Waals surface area contributed by atoms with Crippen LogP contribution in [0.2, 0.25) is 0 Å². The maximum Gasteiger partial charge on any atom is 0.228 e. The van der Waals surface area contributed by atoms with Crippen LogP contribution in [0.5, 0.6) is 11.8 Å². The topological polar surface area (TPSA) is 73.3 Å². The van der Waals surface area contributed by atoms with Gasteiger partial charge >= 0.3 is 0 Å². The number of rotatable bonds is 5. The molecule has 0 atom stereocenters. The van der Waals surface area contributed by atoms with Gasteiger partial charge in [-0.05, 0) is 39.5 Å². The highest BCUT2D eigenvalue weighted by atomic mass is 16.5. The van der Waals surface area contributed by atoms with Crippen LogP contribution >= 0.6 is 0 Å². The molecule has 0 unspecified atom stereocenters. The molecule has 0 saturated carbocycles. The quantitative estimate of drug-likeness (QED) is 0.826. The van der Waals surface area contributed by atoms with E-state index in [0.717, 1.165) is 49.0 Å². The van der Waals surface area contributed by atoms with Crippen molar-refractivity contribution in [2.24, 2.45) is 5.92 Å². The Kier molecular flexibility index (Phi) is 5.31. The minimum absolute atomic E-state index is 0.511. The largest absolute Gasteiger partial charge is 0.481 e. The van der Waals surface area contributed by atoms with E-state index >= 15 is 0 Å². The summed E-state index contributed by atoms with van der Waals surface area (Å²) in [6, 6.07) is 1.76. The third-order valence-corrected chi connectivity index (χ3v) is 4.64. The van der Waals surface area contributed by atoms with E-state index in [2.05, 4.69) is 24.8 Å². The number of aromatic nitrogens is 4. The smallest absolute Gasteiger partial charge is 0.228 e. The zero-order chi connectivity index (χ0) is 17.8. The average molecular weight is 343 g/mol. The summed E-state index contributed by atoms with van der Waals surface area (Å²) in [5.74, 6) is 3.31. The standard InChI is InChI=1S/C18H25N5O2/c1-12-13(2)20-14(3)21-17(12)25-11-15-6-9-23(10-7-15)18-19-8-5-16(22-18)24-4/h5,8,15H,6-7,9-11H2,1-4H3. The van der Waals surface area contributed by atoms with Crippen LogP contribution < -0.4 is 14.4 Å². The van der Waals surface area contributed by atoms with E-state index < -0.39 is 0 Å². The summed E-state index contributed by atoms with van der Waals surface area (Å²) in [5, 5.41) is 0. The molecular formula is C18H25N5O2. The average Bonchev–Trinajstić information content (AvgIpc) is 2.64. The number of aryl methyl sites for hydroxylation is 2. The molecule has 0 bridgehead atoms. The number of hydrogen-bond donors (Lipinski definition) is 0. The minimum Gasteiger partial charge on any atom is -0.481 e. The lowest BCUT2D eigenvalue weighted by atomic mass is 9.98. The fraction of sp³-hybridized carbons (Fsp3) is 0.556. The van der Waals surface area contributed by atoms with Crippen LogP contribution in [0.4, 0.5) is 5.95 Å². The molecular weight excluding hydrogens is 318 g/mol. The summed E-state index contributed by atoms with van der Waals surface area (Å²) >= 11 is 0. The Bertz CT molecular complexity index is 729. The monoisotopic (exact) mass is 343 g/mol. The summed E-state index contributed by atoms with van der Waals surface area (Å²) in [6.07, 6.45) is 3.82. The van der Waals surface area contributed by atoms with Crippen LogP contribution in [0.3, 0.4) is 0 Å². The molecule has 0 amide bonds. The summed E-state index contributed by atoms with van der Waals surface area (Å²) in [5.41, 5.74) is 2.00. The first-order chi connectivity index (χ1) is 12.1. The Labute approximate surface area is 148 Å². The van der Waals surface area contributed by atoms with Crippen molar-refractivity contribution in [1.29, 1.82) is 0 Å². The number of anilines is 1. The highest BCUT2D eigenvalue weighted by Crippen LogP contribution is 2.24. The van der Waals surface area contributed by atoms with Crippen molar-refractivity contribution >= 4 is 5.95 Å². The van der Waals surface area contributed by atoms with E-state index in [1.807, 2.05) is 20.8 Å². The first-order valence-corrected chi connectivity index (χ1v) is 8.63. The molecule has 7 nitrogen and oxygen atoms in total. The van der Waals surface area contributed by atoms with E-state index in [9.17, 15) is 0 Å². The summed E-state index contributed by atoms with van der Waals surface area (Å²) in [7, 11) is 1.62. The zero-order valence-electron chi connectivity index (χ0n) is 15.3. The van der Waals surface area contributed by atoms with Crippen molar-refractivity contribution in [3.05, 3.63) is 29.3 Å². The Balaban J connectivity index is 1.54. The van der Waals surface area contributed by atoms with E-state index in [1.165, 1.54) is 0 Å². The van der Waals surface area contributed by atoms with Gasteiger partial charge in [-0.3, -0.25) is 0 Å². The van der Waals surface area contributed by atoms with Gasteiger partial charge in [-0.15, -0.1) is 0 Å². The molecule has 134 valence electrons. The Morgan fingerprint density at radius 1 is 1.12 bits per heavy atom. The predicted molar refractivity (Wildman–Crippen MR) is 95.3 cm³/mol. The number of piperidine rings is 1. The molecule has 0 N–H and O–H groups in total. The molecule has 1 aliphatic rings. The second-order valence-corrected chi connectivity index (χ2v) is 6.43. The molecule has 3 rings (SSSR count). The van der Waals surface area contributed by atoms with Gasteiger partial charge in [-0.2, -0.15) is 9.97 Å². The molecule has 0 radical (unpaired) electrons. The Hall–Kier alpha value is -2.44. The van der Waals surface area contributed by atoms with Gasteiger partial charge in [0.05, 0.1) is 13.7 Å². The third kappa shape index (κ3) is 4.15. The normalized spacial score (nSPS) is 15.3. The Morgan fingerprint density at radius 2 is 1.88 bits per heavy atom. The van der Waals surface area contributed by atoms with Crippen molar-refractivity contribution in [3.8, 4) is 11.8 Å². The number of ether oxygens (including phenoxy) is 2. The molecule has 1 aliphatic heterocycles. The molecule has 0 aliphatic carbocycles. The predicted octanol–water partition coefficient (Wildman–Crippen LogP) is 2.50. The third-order valence-electron chi connectivity index (χ3n) is 4.64. The number of methoxy groups -OCH3 is 1. The van der Waals surface area contributed by atoms with Crippen LogP contribution in [0.25, 0.3) is 0 Å². The first kappa shape index (κ1) is 17.4. The van der Waals surface area contributed by atoms with Gasteiger partial charge in [-0.1, -0.05) is 0 Å². The van der Waals surface area contributed by atoms with Crippen molar-refractivity contribution in [1.82, 2.24) is 19.9 Å². The molecule has 2 aromatic rings. The summed E-state index contributed by atoms with van der Waals surface area (Å²) in [6.45, 7) is 8.41. The van der Waals surface area contributed by atoms with Crippen molar-refractivity contribution in [3.63, 3.8) is 0 Å². The molecule has 2 aromatic heterocycles. The maximum absolute atomic E-state index is 5.99. The van der Waals surface area contributed by atoms with Crippen molar-refractivity contribution in [2.45, 2.75) is 33.6 Å². The van der Waals surface area contributed by atoms with Gasteiger partial charge in [0.2, 0.25) is 17.7 Å². The lowest BCUT2D eigenvalue weighted by molar-refractivity contribution is 0.213. The summed E-state index contributed by atoms with van der Waals surface area (Å²) < 4.78 is 11.2. The first-order valence-electron chi connectivity index (χ1n) is 8.63. The lowest BCUT2D eigenvalue weighted by Gasteiger charge is -2.31. The number of nitrogens with zero attached hydrogens (tertiary/aromatic N) is 5. The molecule has 7 heteroatoms. The zero-order valence-corrected chi connectivity index (χ0v) is 15.3. The van der Waals surface area contributed by atoms with Crippen molar-refractivity contribution < 1.29 is 9.47 Å². The molecule has 1 saturated heterocycles. The molecule has 25 heavy (non-hydrogen) atoms. The van der Waals surface area contributed by atoms with E-state index in [-0.39, 0.29) is 0 Å². The van der Waals surface area contributed by atoms with Gasteiger partial charge in [0.25, 0.3) is 0 Å². The molecule has 0 aromatic carbocycles. The van der Waals surface area contributed by atoms with Gasteiger partial charge < -0.3 is 14.4 Å². The van der Waals surface area contributed by atoms with Gasteiger partial charge in [-0.25, -0.2) is 9.97 Å². The SMILES string of the molecule is COc1ccnc(N2CCC(COc3nc(C)nc(C)c3C)CC2)n1. The molecule has 0 spiro atoms. The highest BCUT2D eigenvalue weighted by molar-refractivity contribution is 5.32. The van der Waals surface area contributed by atoms with Crippen molar-refractivity contribution in [2.75, 3.05) is 31.7 Å². The summed E-state index contributed by atoms with van der Waals surface area (Å²) in [4.78, 5) is 19.7. The molecule has 3 heterocycles. The van der Waals surface area contributed by atoms with Gasteiger partial charge in [0.1, 0.15) is 5.82 Å². The van der Waals surface area contributed by atoms with E-state index in [0.29, 0.717) is 24.3 Å². The second-order valence-electron chi connectivity index (χ2n) is 6.43. The Morgan fingerprint density at radius 3 is 2.60 bits per heavy atom.